The van der Waals surface area contributed by atoms with E-state index in [9.17, 15) is 26.7 Å². The molecule has 0 radical (unpaired) electrons. The number of hydrogen-bond donors (Lipinski definition) is 1. The summed E-state index contributed by atoms with van der Waals surface area (Å²) in [6.07, 6.45) is -1.31. The first-order valence-electron chi connectivity index (χ1n) is 11.4. The van der Waals surface area contributed by atoms with Gasteiger partial charge in [0.25, 0.3) is 0 Å². The van der Waals surface area contributed by atoms with Crippen LogP contribution in [-0.4, -0.2) is 47.1 Å². The molecule has 0 aliphatic carbocycles. The van der Waals surface area contributed by atoms with E-state index in [1.54, 1.807) is 30.6 Å². The molecule has 3 heterocycles. The van der Waals surface area contributed by atoms with Crippen LogP contribution in [0.3, 0.4) is 0 Å². The molecule has 5 rings (SSSR count). The van der Waals surface area contributed by atoms with Gasteiger partial charge in [0.2, 0.25) is 0 Å². The number of aromatic nitrogens is 2. The van der Waals surface area contributed by atoms with Crippen LogP contribution >= 0.6 is 0 Å². The zero-order valence-electron chi connectivity index (χ0n) is 19.3. The quantitative estimate of drug-likeness (QED) is 0.344. The third-order valence-corrected chi connectivity index (χ3v) is 6.18. The summed E-state index contributed by atoms with van der Waals surface area (Å²) in [6.45, 7) is 1.24. The van der Waals surface area contributed by atoms with E-state index in [0.717, 1.165) is 16.5 Å². The molecular weight excluding hydrogens is 493 g/mol. The molecule has 1 N–H and O–H groups in total. The van der Waals surface area contributed by atoms with Crippen LogP contribution in [0.2, 0.25) is 0 Å². The lowest BCUT2D eigenvalue weighted by Gasteiger charge is -2.35. The lowest BCUT2D eigenvalue weighted by atomic mass is 10.0. The minimum atomic E-state index is -4.66. The topological polar surface area (TPSA) is 61.4 Å². The summed E-state index contributed by atoms with van der Waals surface area (Å²) < 4.78 is 66.3. The SMILES string of the molecule is O=C(Nc1cc(C(F)(F)F)ccc1F)N1CCN(c2ncc(-c3ccc(F)cc3)c3cccnc23)CC1. The molecule has 0 spiro atoms. The highest BCUT2D eigenvalue weighted by molar-refractivity contribution is 5.99. The van der Waals surface area contributed by atoms with E-state index in [1.807, 2.05) is 11.0 Å². The number of hydrogen-bond acceptors (Lipinski definition) is 4. The number of amides is 2. The van der Waals surface area contributed by atoms with Gasteiger partial charge in [0.05, 0.1) is 11.3 Å². The van der Waals surface area contributed by atoms with Gasteiger partial charge in [-0.05, 0) is 42.0 Å². The third kappa shape index (κ3) is 5.02. The summed E-state index contributed by atoms with van der Waals surface area (Å²) in [5, 5.41) is 3.08. The van der Waals surface area contributed by atoms with Gasteiger partial charge in [-0.3, -0.25) is 4.98 Å². The van der Waals surface area contributed by atoms with E-state index in [4.69, 9.17) is 0 Å². The predicted molar refractivity (Wildman–Crippen MR) is 129 cm³/mol. The lowest BCUT2D eigenvalue weighted by Crippen LogP contribution is -2.50. The number of alkyl halides is 3. The summed E-state index contributed by atoms with van der Waals surface area (Å²) in [5.41, 5.74) is 0.655. The van der Waals surface area contributed by atoms with Crippen molar-refractivity contribution in [3.8, 4) is 11.1 Å². The van der Waals surface area contributed by atoms with Crippen LogP contribution in [0.4, 0.5) is 38.3 Å². The molecule has 190 valence electrons. The Kier molecular flexibility index (Phi) is 6.36. The van der Waals surface area contributed by atoms with Crippen molar-refractivity contribution in [3.05, 3.63) is 84.2 Å². The average molecular weight is 513 g/mol. The van der Waals surface area contributed by atoms with Gasteiger partial charge in [0.15, 0.2) is 5.82 Å². The summed E-state index contributed by atoms with van der Waals surface area (Å²) in [4.78, 5) is 25.1. The number of nitrogens with one attached hydrogen (secondary N) is 1. The van der Waals surface area contributed by atoms with Crippen LogP contribution < -0.4 is 10.2 Å². The molecular formula is C26H20F5N5O. The molecule has 1 saturated heterocycles. The van der Waals surface area contributed by atoms with Gasteiger partial charge >= 0.3 is 12.2 Å². The number of benzene rings is 2. The molecule has 2 aromatic heterocycles. The Labute approximate surface area is 208 Å². The first-order chi connectivity index (χ1) is 17.7. The van der Waals surface area contributed by atoms with Crippen LogP contribution in [0.5, 0.6) is 0 Å². The zero-order chi connectivity index (χ0) is 26.2. The maximum atomic E-state index is 14.0. The van der Waals surface area contributed by atoms with Crippen LogP contribution in [0, 0.1) is 11.6 Å². The largest absolute Gasteiger partial charge is 0.416 e. The number of fused-ring (bicyclic) bond motifs is 1. The van der Waals surface area contributed by atoms with E-state index >= 15 is 0 Å². The molecule has 2 aromatic carbocycles. The molecule has 0 saturated carbocycles. The van der Waals surface area contributed by atoms with Crippen LogP contribution in [0.25, 0.3) is 22.0 Å². The second-order valence-corrected chi connectivity index (χ2v) is 8.50. The first-order valence-corrected chi connectivity index (χ1v) is 11.4. The molecule has 1 aliphatic heterocycles. The van der Waals surface area contributed by atoms with Gasteiger partial charge in [-0.1, -0.05) is 18.2 Å². The number of halogens is 5. The van der Waals surface area contributed by atoms with E-state index in [2.05, 4.69) is 15.3 Å². The Morgan fingerprint density at radius 2 is 1.65 bits per heavy atom. The van der Waals surface area contributed by atoms with Crippen molar-refractivity contribution >= 4 is 28.4 Å². The zero-order valence-corrected chi connectivity index (χ0v) is 19.3. The highest BCUT2D eigenvalue weighted by Gasteiger charge is 2.32. The number of anilines is 2. The number of pyridine rings is 2. The molecule has 4 aromatic rings. The van der Waals surface area contributed by atoms with Gasteiger partial charge in [0, 0.05) is 49.5 Å². The Hall–Kier alpha value is -4.28. The Balaban J connectivity index is 1.32. The first kappa shape index (κ1) is 24.4. The summed E-state index contributed by atoms with van der Waals surface area (Å²) in [7, 11) is 0. The van der Waals surface area contributed by atoms with Gasteiger partial charge in [-0.15, -0.1) is 0 Å². The molecule has 0 atom stereocenters. The average Bonchev–Trinajstić information content (AvgIpc) is 2.89. The van der Waals surface area contributed by atoms with Gasteiger partial charge in [-0.25, -0.2) is 18.6 Å². The Morgan fingerprint density at radius 3 is 2.35 bits per heavy atom. The number of carbonyl (C=O) groups is 1. The van der Waals surface area contributed by atoms with Crippen molar-refractivity contribution in [1.29, 1.82) is 0 Å². The molecule has 6 nitrogen and oxygen atoms in total. The monoisotopic (exact) mass is 513 g/mol. The molecule has 0 unspecified atom stereocenters. The van der Waals surface area contributed by atoms with Crippen molar-refractivity contribution in [2.45, 2.75) is 6.18 Å². The van der Waals surface area contributed by atoms with E-state index in [-0.39, 0.29) is 18.9 Å². The van der Waals surface area contributed by atoms with Gasteiger partial charge in [-0.2, -0.15) is 13.2 Å². The standard InChI is InChI=1S/C26H20F5N5O/c27-18-6-3-16(4-7-18)20-15-33-24(23-19(20)2-1-9-32-23)35-10-12-36(13-11-35)25(37)34-22-14-17(26(29,30)31)5-8-21(22)28/h1-9,14-15H,10-13H2,(H,34,37). The molecule has 11 heteroatoms. The van der Waals surface area contributed by atoms with Crippen LogP contribution in [0.15, 0.2) is 67.0 Å². The number of nitrogens with zero attached hydrogens (tertiary/aromatic N) is 4. The molecule has 2 amide bonds. The van der Waals surface area contributed by atoms with E-state index in [0.29, 0.717) is 42.6 Å². The number of carbonyl (C=O) groups excluding carboxylic acids is 1. The molecule has 1 aliphatic rings. The lowest BCUT2D eigenvalue weighted by molar-refractivity contribution is -0.137. The van der Waals surface area contributed by atoms with Crippen LogP contribution in [-0.2, 0) is 6.18 Å². The van der Waals surface area contributed by atoms with Crippen molar-refractivity contribution in [2.24, 2.45) is 0 Å². The molecule has 0 bridgehead atoms. The second kappa shape index (κ2) is 9.64. The fraction of sp³-hybridized carbons (Fsp3) is 0.192. The van der Waals surface area contributed by atoms with Gasteiger partial charge < -0.3 is 15.1 Å². The smallest absolute Gasteiger partial charge is 0.351 e. The van der Waals surface area contributed by atoms with Crippen molar-refractivity contribution in [1.82, 2.24) is 14.9 Å². The third-order valence-electron chi connectivity index (χ3n) is 6.18. The predicted octanol–water partition coefficient (Wildman–Crippen LogP) is 5.95. The number of urea groups is 1. The fourth-order valence-corrected chi connectivity index (χ4v) is 4.26. The van der Waals surface area contributed by atoms with E-state index < -0.39 is 29.3 Å². The fourth-order valence-electron chi connectivity index (χ4n) is 4.26. The Morgan fingerprint density at radius 1 is 0.919 bits per heavy atom. The number of piperazine rings is 1. The van der Waals surface area contributed by atoms with E-state index in [1.165, 1.54) is 17.0 Å². The molecule has 1 fully saturated rings. The minimum Gasteiger partial charge on any atom is -0.351 e. The molecule has 37 heavy (non-hydrogen) atoms. The minimum absolute atomic E-state index is 0.238. The summed E-state index contributed by atoms with van der Waals surface area (Å²) in [5.74, 6) is -0.679. The summed E-state index contributed by atoms with van der Waals surface area (Å²) in [6, 6.07) is 11.0. The maximum Gasteiger partial charge on any atom is 0.416 e. The highest BCUT2D eigenvalue weighted by atomic mass is 19.4. The second-order valence-electron chi connectivity index (χ2n) is 8.50. The number of rotatable bonds is 3. The highest BCUT2D eigenvalue weighted by Crippen LogP contribution is 2.33. The van der Waals surface area contributed by atoms with Crippen molar-refractivity contribution < 1.29 is 26.7 Å². The van der Waals surface area contributed by atoms with Gasteiger partial charge in [0.1, 0.15) is 17.2 Å². The summed E-state index contributed by atoms with van der Waals surface area (Å²) >= 11 is 0. The van der Waals surface area contributed by atoms with Crippen LogP contribution in [0.1, 0.15) is 5.56 Å². The Bertz CT molecular complexity index is 1450. The van der Waals surface area contributed by atoms with Crippen molar-refractivity contribution in [3.63, 3.8) is 0 Å². The van der Waals surface area contributed by atoms with Crippen molar-refractivity contribution in [2.75, 3.05) is 36.4 Å². The maximum absolute atomic E-state index is 14.0. The normalized spacial score (nSPS) is 14.2.